The molecule has 0 fully saturated rings. The number of nitrogens with zero attached hydrogens (tertiary/aromatic N) is 2. The topological polar surface area (TPSA) is 102 Å². The van der Waals surface area contributed by atoms with Crippen LogP contribution in [-0.2, 0) is 0 Å². The molecule has 1 N–H and O–H groups in total. The summed E-state index contributed by atoms with van der Waals surface area (Å²) in [5.41, 5.74) is 0.469. The Morgan fingerprint density at radius 2 is 1.74 bits per heavy atom. The maximum Gasteiger partial charge on any atom is 0.312 e. The number of terminal acetylenes is 1. The summed E-state index contributed by atoms with van der Waals surface area (Å²) in [6.45, 7) is 4.08. The molecule has 3 aromatic carbocycles. The first-order valence-corrected chi connectivity index (χ1v) is 11.0. The van der Waals surface area contributed by atoms with Gasteiger partial charge in [0.1, 0.15) is 5.75 Å². The van der Waals surface area contributed by atoms with Crippen molar-refractivity contribution in [3.8, 4) is 23.8 Å². The zero-order valence-electron chi connectivity index (χ0n) is 19.3. The minimum atomic E-state index is -0.626. The number of nitrogens with one attached hydrogen (secondary N) is 1. The maximum atomic E-state index is 12.9. The highest BCUT2D eigenvalue weighted by Crippen LogP contribution is 2.34. The van der Waals surface area contributed by atoms with Crippen molar-refractivity contribution >= 4 is 17.4 Å². The summed E-state index contributed by atoms with van der Waals surface area (Å²) in [5, 5.41) is 14.5. The van der Waals surface area contributed by atoms with E-state index in [9.17, 15) is 19.7 Å². The molecule has 3 aromatic rings. The Bertz CT molecular complexity index is 1250. The van der Waals surface area contributed by atoms with Crippen molar-refractivity contribution < 1.29 is 19.2 Å². The fourth-order valence-corrected chi connectivity index (χ4v) is 3.40. The van der Waals surface area contributed by atoms with Crippen molar-refractivity contribution in [3.63, 3.8) is 0 Å². The van der Waals surface area contributed by atoms with Crippen LogP contribution in [0.3, 0.4) is 0 Å². The maximum absolute atomic E-state index is 12.9. The number of carbonyl (C=O) groups is 2. The van der Waals surface area contributed by atoms with Gasteiger partial charge in [0.25, 0.3) is 5.91 Å². The summed E-state index contributed by atoms with van der Waals surface area (Å²) in [7, 11) is 0. The van der Waals surface area contributed by atoms with E-state index in [2.05, 4.69) is 11.2 Å². The van der Waals surface area contributed by atoms with E-state index in [-0.39, 0.29) is 34.1 Å². The van der Waals surface area contributed by atoms with Gasteiger partial charge in [-0.15, -0.1) is 6.42 Å². The molecule has 0 spiro atoms. The van der Waals surface area contributed by atoms with Crippen LogP contribution in [0.15, 0.2) is 72.8 Å². The van der Waals surface area contributed by atoms with Gasteiger partial charge in [-0.2, -0.15) is 0 Å². The molecule has 8 heteroatoms. The number of ether oxygens (including phenoxy) is 1. The zero-order valence-corrected chi connectivity index (χ0v) is 19.3. The molecule has 0 unspecified atom stereocenters. The van der Waals surface area contributed by atoms with Crippen molar-refractivity contribution in [2.24, 2.45) is 0 Å². The third-order valence-corrected chi connectivity index (χ3v) is 5.28. The molecule has 0 aliphatic carbocycles. The van der Waals surface area contributed by atoms with Crippen LogP contribution in [0, 0.1) is 22.5 Å². The van der Waals surface area contributed by atoms with Crippen LogP contribution in [0.5, 0.6) is 11.5 Å². The van der Waals surface area contributed by atoms with Crippen molar-refractivity contribution in [2.75, 3.05) is 26.2 Å². The smallest absolute Gasteiger partial charge is 0.312 e. The summed E-state index contributed by atoms with van der Waals surface area (Å²) in [6.07, 6.45) is 5.32. The first-order chi connectivity index (χ1) is 16.9. The number of rotatable bonds is 11. The fraction of sp³-hybridized carbons (Fsp3) is 0.185. The molecule has 0 heterocycles. The molecular weight excluding hydrogens is 446 g/mol. The quantitative estimate of drug-likeness (QED) is 0.194. The normalized spacial score (nSPS) is 10.4. The Morgan fingerprint density at radius 1 is 1.03 bits per heavy atom. The molecule has 8 nitrogen and oxygen atoms in total. The van der Waals surface area contributed by atoms with E-state index in [0.717, 1.165) is 12.6 Å². The second kappa shape index (κ2) is 12.1. The van der Waals surface area contributed by atoms with Gasteiger partial charge in [0.05, 0.1) is 17.0 Å². The molecule has 0 atom stereocenters. The van der Waals surface area contributed by atoms with Crippen molar-refractivity contribution in [3.05, 3.63) is 99.6 Å². The fourth-order valence-electron chi connectivity index (χ4n) is 3.40. The van der Waals surface area contributed by atoms with E-state index in [1.165, 1.54) is 12.1 Å². The molecule has 0 aliphatic rings. The lowest BCUT2D eigenvalue weighted by molar-refractivity contribution is -0.385. The molecule has 178 valence electrons. The third-order valence-electron chi connectivity index (χ3n) is 5.28. The van der Waals surface area contributed by atoms with Crippen LogP contribution < -0.4 is 10.1 Å². The Hall–Kier alpha value is -4.48. The molecule has 3 rings (SSSR count). The lowest BCUT2D eigenvalue weighted by Crippen LogP contribution is -2.35. The number of nitro benzene ring substituents is 1. The van der Waals surface area contributed by atoms with Crippen LogP contribution in [0.25, 0.3) is 0 Å². The van der Waals surface area contributed by atoms with Crippen LogP contribution in [-0.4, -0.2) is 47.7 Å². The van der Waals surface area contributed by atoms with Gasteiger partial charge in [-0.25, -0.2) is 0 Å². The van der Waals surface area contributed by atoms with Crippen LogP contribution >= 0.6 is 0 Å². The highest BCUT2D eigenvalue weighted by molar-refractivity contribution is 6.10. The molecule has 0 bridgehead atoms. The van der Waals surface area contributed by atoms with Crippen LogP contribution in [0.4, 0.5) is 5.69 Å². The third kappa shape index (κ3) is 6.53. The van der Waals surface area contributed by atoms with Gasteiger partial charge >= 0.3 is 5.69 Å². The van der Waals surface area contributed by atoms with E-state index in [1.54, 1.807) is 54.6 Å². The Labute approximate surface area is 203 Å². The number of carbonyl (C=O) groups excluding carboxylic acids is 2. The molecular formula is C27H25N3O5. The molecule has 0 saturated heterocycles. The standard InChI is InChI=1S/C27H25N3O5/c1-3-17-29(4-2)18-16-28-27(32)21-14-15-25(23(19-21)30(33)34)35-24-13-9-8-12-22(24)26(31)20-10-6-5-7-11-20/h1,5-15,19H,4,16-18H2,2H3,(H,28,32). The summed E-state index contributed by atoms with van der Waals surface area (Å²) in [5.74, 6) is 1.94. The van der Waals surface area contributed by atoms with Crippen molar-refractivity contribution in [1.29, 1.82) is 0 Å². The lowest BCUT2D eigenvalue weighted by Gasteiger charge is -2.17. The number of hydrogen-bond donors (Lipinski definition) is 1. The van der Waals surface area contributed by atoms with Crippen molar-refractivity contribution in [1.82, 2.24) is 10.2 Å². The molecule has 0 aliphatic heterocycles. The predicted octanol–water partition coefficient (Wildman–Crippen LogP) is 4.30. The average Bonchev–Trinajstić information content (AvgIpc) is 2.88. The first-order valence-electron chi connectivity index (χ1n) is 11.0. The number of para-hydroxylation sites is 1. The number of benzene rings is 3. The van der Waals surface area contributed by atoms with Gasteiger partial charge in [0.2, 0.25) is 5.75 Å². The van der Waals surface area contributed by atoms with Gasteiger partial charge in [-0.05, 0) is 30.8 Å². The van der Waals surface area contributed by atoms with E-state index in [4.69, 9.17) is 11.2 Å². The highest BCUT2D eigenvalue weighted by atomic mass is 16.6. The Balaban J connectivity index is 1.80. The monoisotopic (exact) mass is 471 g/mol. The minimum Gasteiger partial charge on any atom is -0.449 e. The molecule has 35 heavy (non-hydrogen) atoms. The number of ketones is 1. The van der Waals surface area contributed by atoms with Gasteiger partial charge < -0.3 is 10.1 Å². The lowest BCUT2D eigenvalue weighted by atomic mass is 10.0. The summed E-state index contributed by atoms with van der Waals surface area (Å²) >= 11 is 0. The first kappa shape index (κ1) is 25.1. The van der Waals surface area contributed by atoms with E-state index in [0.29, 0.717) is 25.2 Å². The van der Waals surface area contributed by atoms with Gasteiger partial charge in [-0.1, -0.05) is 55.3 Å². The zero-order chi connectivity index (χ0) is 25.2. The average molecular weight is 472 g/mol. The van der Waals surface area contributed by atoms with E-state index in [1.807, 2.05) is 11.8 Å². The second-order valence-electron chi connectivity index (χ2n) is 7.56. The molecule has 0 radical (unpaired) electrons. The predicted molar refractivity (Wildman–Crippen MR) is 133 cm³/mol. The Kier molecular flexibility index (Phi) is 8.70. The number of nitro groups is 1. The van der Waals surface area contributed by atoms with Crippen LogP contribution in [0.2, 0.25) is 0 Å². The van der Waals surface area contributed by atoms with Gasteiger partial charge in [0.15, 0.2) is 5.78 Å². The minimum absolute atomic E-state index is 0.0777. The highest BCUT2D eigenvalue weighted by Gasteiger charge is 2.22. The number of likely N-dealkylation sites (N-methyl/N-ethyl adjacent to an activating group) is 1. The largest absolute Gasteiger partial charge is 0.449 e. The molecule has 1 amide bonds. The van der Waals surface area contributed by atoms with Gasteiger partial charge in [0, 0.05) is 30.3 Å². The molecule has 0 aromatic heterocycles. The van der Waals surface area contributed by atoms with E-state index >= 15 is 0 Å². The summed E-state index contributed by atoms with van der Waals surface area (Å²) < 4.78 is 5.81. The SMILES string of the molecule is C#CCN(CC)CCNC(=O)c1ccc(Oc2ccccc2C(=O)c2ccccc2)c([N+](=O)[O-])c1. The summed E-state index contributed by atoms with van der Waals surface area (Å²) in [4.78, 5) is 38.6. The summed E-state index contributed by atoms with van der Waals surface area (Å²) in [6, 6.07) is 19.1. The van der Waals surface area contributed by atoms with Crippen molar-refractivity contribution in [2.45, 2.75) is 6.92 Å². The number of hydrogen-bond acceptors (Lipinski definition) is 6. The van der Waals surface area contributed by atoms with Gasteiger partial charge in [-0.3, -0.25) is 24.6 Å². The Morgan fingerprint density at radius 3 is 2.43 bits per heavy atom. The van der Waals surface area contributed by atoms with Crippen LogP contribution in [0.1, 0.15) is 33.2 Å². The number of amides is 1. The second-order valence-corrected chi connectivity index (χ2v) is 7.56. The van der Waals surface area contributed by atoms with E-state index < -0.39 is 10.8 Å². The molecule has 0 saturated carbocycles.